The lowest BCUT2D eigenvalue weighted by Gasteiger charge is -2.34. The molecule has 2 heterocycles. The van der Waals surface area contributed by atoms with Gasteiger partial charge in [0, 0.05) is 29.9 Å². The van der Waals surface area contributed by atoms with E-state index in [1.807, 2.05) is 12.4 Å². The van der Waals surface area contributed by atoms with Crippen LogP contribution >= 0.6 is 27.3 Å². The van der Waals surface area contributed by atoms with Gasteiger partial charge in [-0.3, -0.25) is 9.88 Å². The molecule has 0 aromatic carbocycles. The second kappa shape index (κ2) is 8.03. The molecule has 0 bridgehead atoms. The van der Waals surface area contributed by atoms with Crippen molar-refractivity contribution in [3.63, 3.8) is 0 Å². The molecule has 5 heteroatoms. The van der Waals surface area contributed by atoms with Gasteiger partial charge >= 0.3 is 0 Å². The fraction of sp³-hybridized carbons (Fsp3) is 0.438. The summed E-state index contributed by atoms with van der Waals surface area (Å²) in [6.45, 7) is 6.21. The first-order valence-electron chi connectivity index (χ1n) is 7.29. The molecule has 3 nitrogen and oxygen atoms in total. The molecule has 0 amide bonds. The van der Waals surface area contributed by atoms with Crippen molar-refractivity contribution < 1.29 is 0 Å². The highest BCUT2D eigenvalue weighted by atomic mass is 79.9. The first-order chi connectivity index (χ1) is 10.2. The molecule has 2 N–H and O–H groups in total. The predicted molar refractivity (Wildman–Crippen MR) is 93.3 cm³/mol. The van der Waals surface area contributed by atoms with Crippen LogP contribution in [0.5, 0.6) is 0 Å². The van der Waals surface area contributed by atoms with Gasteiger partial charge < -0.3 is 5.73 Å². The average molecular weight is 368 g/mol. The molecule has 0 fully saturated rings. The van der Waals surface area contributed by atoms with Gasteiger partial charge in [0.25, 0.3) is 0 Å². The molecule has 2 aromatic rings. The smallest absolute Gasteiger partial charge is 0.0702 e. The minimum Gasteiger partial charge on any atom is -0.326 e. The van der Waals surface area contributed by atoms with E-state index in [9.17, 15) is 0 Å². The van der Waals surface area contributed by atoms with Crippen molar-refractivity contribution >= 4 is 27.3 Å². The van der Waals surface area contributed by atoms with Gasteiger partial charge in [0.1, 0.15) is 0 Å². The maximum absolute atomic E-state index is 6.43. The van der Waals surface area contributed by atoms with Crippen LogP contribution in [-0.4, -0.2) is 22.5 Å². The first kappa shape index (κ1) is 16.6. The molecule has 2 atom stereocenters. The van der Waals surface area contributed by atoms with Gasteiger partial charge in [-0.1, -0.05) is 13.8 Å². The summed E-state index contributed by atoms with van der Waals surface area (Å²) in [6, 6.07) is 8.82. The Morgan fingerprint density at radius 2 is 1.95 bits per heavy atom. The maximum atomic E-state index is 6.43. The van der Waals surface area contributed by atoms with Crippen molar-refractivity contribution in [1.29, 1.82) is 0 Å². The first-order valence-corrected chi connectivity index (χ1v) is 8.90. The average Bonchev–Trinajstić information content (AvgIpc) is 2.93. The van der Waals surface area contributed by atoms with Crippen LogP contribution in [0, 0.1) is 0 Å². The Labute approximate surface area is 139 Å². The summed E-state index contributed by atoms with van der Waals surface area (Å²) in [6.07, 6.45) is 4.66. The molecule has 0 aliphatic carbocycles. The van der Waals surface area contributed by atoms with Crippen molar-refractivity contribution in [3.05, 3.63) is 50.9 Å². The summed E-state index contributed by atoms with van der Waals surface area (Å²) >= 11 is 5.34. The van der Waals surface area contributed by atoms with Gasteiger partial charge in [-0.15, -0.1) is 11.3 Å². The van der Waals surface area contributed by atoms with Crippen LogP contribution in [0.15, 0.2) is 40.4 Å². The minimum absolute atomic E-state index is 0.136. The third-order valence-corrected chi connectivity index (χ3v) is 5.39. The number of rotatable bonds is 7. The van der Waals surface area contributed by atoms with Gasteiger partial charge in [-0.25, -0.2) is 0 Å². The Kier molecular flexibility index (Phi) is 6.36. The number of nitrogens with zero attached hydrogens (tertiary/aromatic N) is 2. The van der Waals surface area contributed by atoms with Gasteiger partial charge in [0.15, 0.2) is 0 Å². The van der Waals surface area contributed by atoms with E-state index >= 15 is 0 Å². The van der Waals surface area contributed by atoms with Crippen molar-refractivity contribution in [2.45, 2.75) is 38.9 Å². The van der Waals surface area contributed by atoms with Crippen LogP contribution in [0.4, 0.5) is 0 Å². The Morgan fingerprint density at radius 3 is 2.48 bits per heavy atom. The highest BCUT2D eigenvalue weighted by molar-refractivity contribution is 9.11. The molecule has 21 heavy (non-hydrogen) atoms. The Balaban J connectivity index is 2.25. The number of thiophene rings is 1. The number of nitrogens with two attached hydrogens (primary N) is 1. The van der Waals surface area contributed by atoms with Gasteiger partial charge in [0.2, 0.25) is 0 Å². The van der Waals surface area contributed by atoms with E-state index in [1.54, 1.807) is 11.3 Å². The van der Waals surface area contributed by atoms with E-state index in [2.05, 4.69) is 63.9 Å². The number of pyridine rings is 1. The second-order valence-electron chi connectivity index (χ2n) is 5.08. The number of hydrogen-bond donors (Lipinski definition) is 1. The molecule has 0 radical (unpaired) electrons. The second-order valence-corrected chi connectivity index (χ2v) is 7.57. The SMILES string of the molecule is CCC(N)C(c1ccc(Br)s1)N(CC)Cc1ccncc1. The Morgan fingerprint density at radius 1 is 1.24 bits per heavy atom. The van der Waals surface area contributed by atoms with E-state index in [1.165, 1.54) is 10.4 Å². The third kappa shape index (κ3) is 4.36. The topological polar surface area (TPSA) is 42.1 Å². The zero-order chi connectivity index (χ0) is 15.2. The normalized spacial score (nSPS) is 14.3. The summed E-state index contributed by atoms with van der Waals surface area (Å²) in [5.41, 5.74) is 7.70. The summed E-state index contributed by atoms with van der Waals surface area (Å²) in [7, 11) is 0. The molecular formula is C16H22BrN3S. The molecule has 2 unspecified atom stereocenters. The Hall–Kier alpha value is -0.750. The molecular weight excluding hydrogens is 346 g/mol. The standard InChI is InChI=1S/C16H22BrN3S/c1-3-13(18)16(14-5-6-15(17)21-14)20(4-2)11-12-7-9-19-10-8-12/h5-10,13,16H,3-4,11,18H2,1-2H3. The van der Waals surface area contributed by atoms with Crippen LogP contribution in [0.2, 0.25) is 0 Å². The number of halogens is 1. The van der Waals surface area contributed by atoms with Crippen molar-refractivity contribution in [1.82, 2.24) is 9.88 Å². The molecule has 2 aromatic heterocycles. The van der Waals surface area contributed by atoms with Crippen LogP contribution < -0.4 is 5.73 Å². The zero-order valence-corrected chi connectivity index (χ0v) is 14.9. The molecule has 0 saturated heterocycles. The monoisotopic (exact) mass is 367 g/mol. The molecule has 0 spiro atoms. The predicted octanol–water partition coefficient (Wildman–Crippen LogP) is 4.21. The minimum atomic E-state index is 0.136. The largest absolute Gasteiger partial charge is 0.326 e. The summed E-state index contributed by atoms with van der Waals surface area (Å²) in [5.74, 6) is 0. The van der Waals surface area contributed by atoms with Gasteiger partial charge in [-0.2, -0.15) is 0 Å². The molecule has 0 saturated carbocycles. The van der Waals surface area contributed by atoms with Crippen LogP contribution in [0.1, 0.15) is 36.8 Å². The van der Waals surface area contributed by atoms with Crippen molar-refractivity contribution in [3.8, 4) is 0 Å². The van der Waals surface area contributed by atoms with Gasteiger partial charge in [-0.05, 0) is 58.7 Å². The number of likely N-dealkylation sites (N-methyl/N-ethyl adjacent to an activating group) is 1. The molecule has 0 aliphatic rings. The highest BCUT2D eigenvalue weighted by Crippen LogP contribution is 2.34. The van der Waals surface area contributed by atoms with Crippen LogP contribution in [-0.2, 0) is 6.54 Å². The summed E-state index contributed by atoms with van der Waals surface area (Å²) < 4.78 is 1.16. The third-order valence-electron chi connectivity index (χ3n) is 3.70. The fourth-order valence-corrected chi connectivity index (χ4v) is 4.14. The molecule has 114 valence electrons. The summed E-state index contributed by atoms with van der Waals surface area (Å²) in [4.78, 5) is 7.86. The lowest BCUT2D eigenvalue weighted by atomic mass is 10.0. The van der Waals surface area contributed by atoms with E-state index in [0.29, 0.717) is 0 Å². The molecule has 0 aliphatic heterocycles. The lowest BCUT2D eigenvalue weighted by molar-refractivity contribution is 0.172. The maximum Gasteiger partial charge on any atom is 0.0702 e. The van der Waals surface area contributed by atoms with Crippen molar-refractivity contribution in [2.75, 3.05) is 6.54 Å². The van der Waals surface area contributed by atoms with E-state index < -0.39 is 0 Å². The number of aromatic nitrogens is 1. The highest BCUT2D eigenvalue weighted by Gasteiger charge is 2.26. The van der Waals surface area contributed by atoms with E-state index in [-0.39, 0.29) is 12.1 Å². The van der Waals surface area contributed by atoms with Crippen molar-refractivity contribution in [2.24, 2.45) is 5.73 Å². The Bertz CT molecular complexity index is 543. The quantitative estimate of drug-likeness (QED) is 0.796. The van der Waals surface area contributed by atoms with Crippen LogP contribution in [0.3, 0.4) is 0 Å². The molecule has 2 rings (SSSR count). The van der Waals surface area contributed by atoms with Gasteiger partial charge in [0.05, 0.1) is 9.83 Å². The van der Waals surface area contributed by atoms with E-state index in [0.717, 1.165) is 23.3 Å². The zero-order valence-electron chi connectivity index (χ0n) is 12.5. The fourth-order valence-electron chi connectivity index (χ4n) is 2.50. The lowest BCUT2D eigenvalue weighted by Crippen LogP contribution is -2.40. The van der Waals surface area contributed by atoms with E-state index in [4.69, 9.17) is 5.73 Å². The number of hydrogen-bond acceptors (Lipinski definition) is 4. The van der Waals surface area contributed by atoms with Crippen LogP contribution in [0.25, 0.3) is 0 Å². The summed E-state index contributed by atoms with van der Waals surface area (Å²) in [5, 5.41) is 0.